The molecule has 0 saturated heterocycles. The van der Waals surface area contributed by atoms with Gasteiger partial charge >= 0.3 is 0 Å². The molecule has 0 radical (unpaired) electrons. The highest BCUT2D eigenvalue weighted by molar-refractivity contribution is 7.99. The quantitative estimate of drug-likeness (QED) is 0.550. The van der Waals surface area contributed by atoms with Crippen molar-refractivity contribution < 1.29 is 13.6 Å². The van der Waals surface area contributed by atoms with Gasteiger partial charge in [-0.3, -0.25) is 4.79 Å². The summed E-state index contributed by atoms with van der Waals surface area (Å²) in [7, 11) is 0. The number of benzene rings is 1. The second kappa shape index (κ2) is 6.01. The SMILES string of the molecule is CC(=O)CSc1nnc(-c2ccc(-c3cc4ccccc4o3)o2)[nH]1. The fraction of sp³-hybridized carbons (Fsp3) is 0.118. The second-order valence-electron chi connectivity index (χ2n) is 5.28. The Morgan fingerprint density at radius 1 is 1.08 bits per heavy atom. The molecule has 120 valence electrons. The summed E-state index contributed by atoms with van der Waals surface area (Å²) in [6, 6.07) is 13.4. The van der Waals surface area contributed by atoms with E-state index in [0.29, 0.717) is 34.0 Å². The largest absolute Gasteiger partial charge is 0.453 e. The van der Waals surface area contributed by atoms with Gasteiger partial charge in [0.2, 0.25) is 0 Å². The molecule has 4 rings (SSSR count). The van der Waals surface area contributed by atoms with Crippen LogP contribution in [0.5, 0.6) is 0 Å². The first kappa shape index (κ1) is 14.8. The van der Waals surface area contributed by atoms with Crippen molar-refractivity contribution in [2.24, 2.45) is 0 Å². The van der Waals surface area contributed by atoms with Crippen LogP contribution in [0.3, 0.4) is 0 Å². The van der Waals surface area contributed by atoms with E-state index in [1.54, 1.807) is 0 Å². The molecule has 0 aliphatic carbocycles. The Labute approximate surface area is 141 Å². The molecule has 0 fully saturated rings. The van der Waals surface area contributed by atoms with E-state index in [9.17, 15) is 4.79 Å². The minimum absolute atomic E-state index is 0.0862. The predicted octanol–water partition coefficient (Wildman–Crippen LogP) is 4.16. The standard InChI is InChI=1S/C17H13N3O3S/c1-10(21)9-24-17-18-16(19-20-17)14-7-6-13(23-14)15-8-11-4-2-3-5-12(11)22-15/h2-8H,9H2,1H3,(H,18,19,20). The molecule has 0 bridgehead atoms. The summed E-state index contributed by atoms with van der Waals surface area (Å²) in [5.41, 5.74) is 0.813. The number of furan rings is 2. The molecule has 0 aliphatic heterocycles. The lowest BCUT2D eigenvalue weighted by Gasteiger charge is -1.92. The van der Waals surface area contributed by atoms with Gasteiger partial charge in [-0.05, 0) is 31.2 Å². The number of hydrogen-bond acceptors (Lipinski definition) is 6. The Morgan fingerprint density at radius 3 is 2.75 bits per heavy atom. The lowest BCUT2D eigenvalue weighted by Crippen LogP contribution is -1.93. The minimum atomic E-state index is 0.0862. The summed E-state index contributed by atoms with van der Waals surface area (Å²) in [5, 5.41) is 9.66. The maximum absolute atomic E-state index is 11.0. The van der Waals surface area contributed by atoms with E-state index >= 15 is 0 Å². The van der Waals surface area contributed by atoms with Gasteiger partial charge in [0, 0.05) is 5.39 Å². The summed E-state index contributed by atoms with van der Waals surface area (Å²) in [6.07, 6.45) is 0. The molecule has 1 N–H and O–H groups in total. The predicted molar refractivity (Wildman–Crippen MR) is 90.7 cm³/mol. The van der Waals surface area contributed by atoms with Crippen molar-refractivity contribution in [1.29, 1.82) is 0 Å². The number of ketones is 1. The molecule has 6 nitrogen and oxygen atoms in total. The number of rotatable bonds is 5. The summed E-state index contributed by atoms with van der Waals surface area (Å²) < 4.78 is 11.6. The van der Waals surface area contributed by atoms with Gasteiger partial charge in [-0.1, -0.05) is 30.0 Å². The zero-order valence-corrected chi connectivity index (χ0v) is 13.6. The Morgan fingerprint density at radius 2 is 1.92 bits per heavy atom. The van der Waals surface area contributed by atoms with E-state index in [4.69, 9.17) is 8.83 Å². The Balaban J connectivity index is 1.59. The van der Waals surface area contributed by atoms with E-state index in [-0.39, 0.29) is 5.78 Å². The monoisotopic (exact) mass is 339 g/mol. The average Bonchev–Trinajstić information content (AvgIpc) is 3.29. The highest BCUT2D eigenvalue weighted by Gasteiger charge is 2.14. The van der Waals surface area contributed by atoms with Crippen LogP contribution in [0.25, 0.3) is 34.1 Å². The topological polar surface area (TPSA) is 84.9 Å². The van der Waals surface area contributed by atoms with Crippen LogP contribution in [-0.2, 0) is 4.79 Å². The Kier molecular flexibility index (Phi) is 3.70. The molecule has 7 heteroatoms. The van der Waals surface area contributed by atoms with Gasteiger partial charge in [-0.15, -0.1) is 10.2 Å². The van der Waals surface area contributed by atoms with Crippen molar-refractivity contribution in [1.82, 2.24) is 15.2 Å². The number of carbonyl (C=O) groups is 1. The van der Waals surface area contributed by atoms with E-state index < -0.39 is 0 Å². The van der Waals surface area contributed by atoms with E-state index in [1.165, 1.54) is 18.7 Å². The Hall–Kier alpha value is -2.80. The van der Waals surface area contributed by atoms with Crippen molar-refractivity contribution in [3.8, 4) is 23.1 Å². The molecule has 0 unspecified atom stereocenters. The zero-order valence-electron chi connectivity index (χ0n) is 12.8. The van der Waals surface area contributed by atoms with Gasteiger partial charge in [0.1, 0.15) is 11.4 Å². The third-order valence-corrected chi connectivity index (χ3v) is 4.39. The molecule has 24 heavy (non-hydrogen) atoms. The highest BCUT2D eigenvalue weighted by atomic mass is 32.2. The number of aromatic nitrogens is 3. The Bertz CT molecular complexity index is 982. The van der Waals surface area contributed by atoms with Crippen LogP contribution in [-0.4, -0.2) is 26.7 Å². The number of para-hydroxylation sites is 1. The maximum Gasteiger partial charge on any atom is 0.197 e. The molecule has 3 heterocycles. The number of nitrogens with one attached hydrogen (secondary N) is 1. The minimum Gasteiger partial charge on any atom is -0.453 e. The van der Waals surface area contributed by atoms with Crippen LogP contribution in [0, 0.1) is 0 Å². The van der Waals surface area contributed by atoms with Crippen LogP contribution in [0.4, 0.5) is 0 Å². The van der Waals surface area contributed by atoms with Crippen molar-refractivity contribution in [2.75, 3.05) is 5.75 Å². The van der Waals surface area contributed by atoms with Crippen LogP contribution >= 0.6 is 11.8 Å². The molecular weight excluding hydrogens is 326 g/mol. The summed E-state index contributed by atoms with van der Waals surface area (Å²) in [4.78, 5) is 14.1. The van der Waals surface area contributed by atoms with Gasteiger partial charge < -0.3 is 13.8 Å². The number of nitrogens with zero attached hydrogens (tertiary/aromatic N) is 2. The molecule has 0 saturated carbocycles. The van der Waals surface area contributed by atoms with Crippen LogP contribution in [0.2, 0.25) is 0 Å². The lowest BCUT2D eigenvalue weighted by molar-refractivity contribution is -0.114. The zero-order chi connectivity index (χ0) is 16.5. The average molecular weight is 339 g/mol. The number of Topliss-reactive ketones (excluding diaryl/α,β-unsaturated/α-hetero) is 1. The van der Waals surface area contributed by atoms with E-state index in [2.05, 4.69) is 15.2 Å². The van der Waals surface area contributed by atoms with Crippen LogP contribution in [0.15, 0.2) is 56.5 Å². The molecular formula is C17H13N3O3S. The summed E-state index contributed by atoms with van der Waals surface area (Å²) in [6.45, 7) is 1.54. The van der Waals surface area contributed by atoms with E-state index in [0.717, 1.165) is 11.0 Å². The number of carbonyl (C=O) groups excluding carboxylic acids is 1. The third kappa shape index (κ3) is 2.85. The number of aromatic amines is 1. The van der Waals surface area contributed by atoms with Gasteiger partial charge in [0.25, 0.3) is 0 Å². The number of thioether (sulfide) groups is 1. The van der Waals surface area contributed by atoms with Crippen molar-refractivity contribution >= 4 is 28.5 Å². The third-order valence-electron chi connectivity index (χ3n) is 3.39. The fourth-order valence-corrected chi connectivity index (χ4v) is 2.90. The normalized spacial score (nSPS) is 11.2. The molecule has 1 aromatic carbocycles. The van der Waals surface area contributed by atoms with Crippen molar-refractivity contribution in [3.63, 3.8) is 0 Å². The number of fused-ring (bicyclic) bond motifs is 1. The summed E-state index contributed by atoms with van der Waals surface area (Å²) in [5.74, 6) is 2.81. The van der Waals surface area contributed by atoms with Crippen LogP contribution in [0.1, 0.15) is 6.92 Å². The molecule has 0 atom stereocenters. The molecule has 0 amide bonds. The van der Waals surface area contributed by atoms with Gasteiger partial charge in [0.05, 0.1) is 5.75 Å². The lowest BCUT2D eigenvalue weighted by atomic mass is 10.2. The van der Waals surface area contributed by atoms with E-state index in [1.807, 2.05) is 42.5 Å². The van der Waals surface area contributed by atoms with Gasteiger partial charge in [-0.25, -0.2) is 0 Å². The first-order valence-corrected chi connectivity index (χ1v) is 8.32. The number of hydrogen-bond donors (Lipinski definition) is 1. The van der Waals surface area contributed by atoms with Gasteiger partial charge in [0.15, 0.2) is 28.3 Å². The maximum atomic E-state index is 11.0. The molecule has 0 aliphatic rings. The summed E-state index contributed by atoms with van der Waals surface area (Å²) >= 11 is 1.31. The molecule has 3 aromatic heterocycles. The first-order valence-electron chi connectivity index (χ1n) is 7.33. The second-order valence-corrected chi connectivity index (χ2v) is 6.25. The smallest absolute Gasteiger partial charge is 0.197 e. The molecule has 4 aromatic rings. The number of H-pyrrole nitrogens is 1. The van der Waals surface area contributed by atoms with Gasteiger partial charge in [-0.2, -0.15) is 0 Å². The van der Waals surface area contributed by atoms with Crippen LogP contribution < -0.4 is 0 Å². The first-order chi connectivity index (χ1) is 11.7. The van der Waals surface area contributed by atoms with Crippen molar-refractivity contribution in [2.45, 2.75) is 12.1 Å². The highest BCUT2D eigenvalue weighted by Crippen LogP contribution is 2.31. The molecule has 0 spiro atoms. The van der Waals surface area contributed by atoms with Crippen molar-refractivity contribution in [3.05, 3.63) is 42.5 Å². The fourth-order valence-electron chi connectivity index (χ4n) is 2.29.